The lowest BCUT2D eigenvalue weighted by Gasteiger charge is -2.29. The summed E-state index contributed by atoms with van der Waals surface area (Å²) in [5, 5.41) is 2.99. The number of hydrogen-bond acceptors (Lipinski definition) is 4. The summed E-state index contributed by atoms with van der Waals surface area (Å²) < 4.78 is 10.8. The van der Waals surface area contributed by atoms with Crippen molar-refractivity contribution in [2.45, 2.75) is 12.8 Å². The van der Waals surface area contributed by atoms with E-state index < -0.39 is 0 Å². The predicted octanol–water partition coefficient (Wildman–Crippen LogP) is 3.10. The summed E-state index contributed by atoms with van der Waals surface area (Å²) in [6.07, 6.45) is 1.16. The molecule has 1 heterocycles. The molecule has 1 N–H and O–H groups in total. The summed E-state index contributed by atoms with van der Waals surface area (Å²) in [6.45, 7) is 3.16. The van der Waals surface area contributed by atoms with Gasteiger partial charge in [-0.1, -0.05) is 30.3 Å². The van der Waals surface area contributed by atoms with Gasteiger partial charge in [-0.25, -0.2) is 0 Å². The lowest BCUT2D eigenvalue weighted by atomic mass is 10.1. The van der Waals surface area contributed by atoms with E-state index in [4.69, 9.17) is 9.47 Å². The number of amides is 1. The first-order valence-electron chi connectivity index (χ1n) is 8.61. The van der Waals surface area contributed by atoms with Crippen LogP contribution in [0.15, 0.2) is 48.5 Å². The number of carbonyl (C=O) groups excluding carboxylic acids is 1. The molecule has 0 bridgehead atoms. The summed E-state index contributed by atoms with van der Waals surface area (Å²) in [6, 6.07) is 15.9. The van der Waals surface area contributed by atoms with Gasteiger partial charge in [0.1, 0.15) is 5.75 Å². The van der Waals surface area contributed by atoms with Gasteiger partial charge in [-0.2, -0.15) is 0 Å². The molecule has 0 spiro atoms. The van der Waals surface area contributed by atoms with Gasteiger partial charge >= 0.3 is 0 Å². The third-order valence-corrected chi connectivity index (χ3v) is 4.32. The number of morpholine rings is 1. The normalized spacial score (nSPS) is 14.2. The summed E-state index contributed by atoms with van der Waals surface area (Å²) in [5.41, 5.74) is 2.94. The standard InChI is InChI=1S/C20H24N2O3/c1-24-19-9-8-17(22-11-13-25-14-12-22)15-18(19)21-20(23)10-7-16-5-3-2-4-6-16/h2-6,8-9,15H,7,10-14H2,1H3,(H,21,23). The number of ether oxygens (including phenoxy) is 2. The highest BCUT2D eigenvalue weighted by Crippen LogP contribution is 2.30. The molecule has 1 amide bonds. The number of hydrogen-bond donors (Lipinski definition) is 1. The second kappa shape index (κ2) is 8.53. The molecule has 1 aliphatic heterocycles. The van der Waals surface area contributed by atoms with Crippen molar-refractivity contribution in [3.8, 4) is 5.75 Å². The lowest BCUT2D eigenvalue weighted by molar-refractivity contribution is -0.116. The summed E-state index contributed by atoms with van der Waals surface area (Å²) in [5.74, 6) is 0.659. The van der Waals surface area contributed by atoms with Crippen LogP contribution < -0.4 is 15.0 Å². The van der Waals surface area contributed by atoms with Crippen molar-refractivity contribution in [1.82, 2.24) is 0 Å². The highest BCUT2D eigenvalue weighted by Gasteiger charge is 2.14. The van der Waals surface area contributed by atoms with Crippen molar-refractivity contribution in [2.24, 2.45) is 0 Å². The Morgan fingerprint density at radius 3 is 2.64 bits per heavy atom. The van der Waals surface area contributed by atoms with Gasteiger partial charge in [-0.05, 0) is 30.2 Å². The summed E-state index contributed by atoms with van der Waals surface area (Å²) >= 11 is 0. The monoisotopic (exact) mass is 340 g/mol. The third-order valence-electron chi connectivity index (χ3n) is 4.32. The van der Waals surface area contributed by atoms with Crippen LogP contribution in [0.3, 0.4) is 0 Å². The zero-order valence-corrected chi connectivity index (χ0v) is 14.5. The van der Waals surface area contributed by atoms with Crippen LogP contribution >= 0.6 is 0 Å². The number of nitrogens with one attached hydrogen (secondary N) is 1. The maximum absolute atomic E-state index is 12.3. The molecule has 0 saturated carbocycles. The largest absolute Gasteiger partial charge is 0.495 e. The number of nitrogens with zero attached hydrogens (tertiary/aromatic N) is 1. The van der Waals surface area contributed by atoms with E-state index >= 15 is 0 Å². The first-order chi connectivity index (χ1) is 12.3. The minimum atomic E-state index is -0.0127. The molecule has 0 radical (unpaired) electrons. The Morgan fingerprint density at radius 2 is 1.92 bits per heavy atom. The van der Waals surface area contributed by atoms with Crippen molar-refractivity contribution < 1.29 is 14.3 Å². The highest BCUT2D eigenvalue weighted by molar-refractivity contribution is 5.93. The maximum Gasteiger partial charge on any atom is 0.224 e. The van der Waals surface area contributed by atoms with Gasteiger partial charge in [0.25, 0.3) is 0 Å². The number of benzene rings is 2. The van der Waals surface area contributed by atoms with Gasteiger partial charge in [0.05, 0.1) is 26.0 Å². The SMILES string of the molecule is COc1ccc(N2CCOCC2)cc1NC(=O)CCc1ccccc1. The zero-order valence-electron chi connectivity index (χ0n) is 14.5. The fourth-order valence-electron chi connectivity index (χ4n) is 2.93. The molecule has 3 rings (SSSR count). The van der Waals surface area contributed by atoms with E-state index in [0.717, 1.165) is 44.0 Å². The number of rotatable bonds is 6. The summed E-state index contributed by atoms with van der Waals surface area (Å²) in [4.78, 5) is 14.6. The second-order valence-electron chi connectivity index (χ2n) is 6.02. The van der Waals surface area contributed by atoms with E-state index in [1.54, 1.807) is 7.11 Å². The molecule has 2 aromatic rings. The molecule has 5 nitrogen and oxygen atoms in total. The van der Waals surface area contributed by atoms with Gasteiger partial charge in [0, 0.05) is 25.2 Å². The Kier molecular flexibility index (Phi) is 5.90. The van der Waals surface area contributed by atoms with Crippen molar-refractivity contribution in [2.75, 3.05) is 43.6 Å². The predicted molar refractivity (Wildman–Crippen MR) is 99.4 cm³/mol. The third kappa shape index (κ3) is 4.73. The fourth-order valence-corrected chi connectivity index (χ4v) is 2.93. The quantitative estimate of drug-likeness (QED) is 0.878. The average molecular weight is 340 g/mol. The zero-order chi connectivity index (χ0) is 17.5. The number of anilines is 2. The van der Waals surface area contributed by atoms with Crippen LogP contribution in [0.4, 0.5) is 11.4 Å². The molecular formula is C20H24N2O3. The Hall–Kier alpha value is -2.53. The summed E-state index contributed by atoms with van der Waals surface area (Å²) in [7, 11) is 1.61. The molecule has 1 saturated heterocycles. The van der Waals surface area contributed by atoms with Crippen LogP contribution in [0.2, 0.25) is 0 Å². The van der Waals surface area contributed by atoms with Gasteiger partial charge in [0.2, 0.25) is 5.91 Å². The van der Waals surface area contributed by atoms with Gasteiger partial charge in [0.15, 0.2) is 0 Å². The van der Waals surface area contributed by atoms with E-state index in [2.05, 4.69) is 10.2 Å². The number of aryl methyl sites for hydroxylation is 1. The van der Waals surface area contributed by atoms with E-state index in [-0.39, 0.29) is 5.91 Å². The highest BCUT2D eigenvalue weighted by atomic mass is 16.5. The minimum Gasteiger partial charge on any atom is -0.495 e. The van der Waals surface area contributed by atoms with Crippen molar-refractivity contribution >= 4 is 17.3 Å². The van der Waals surface area contributed by atoms with Crippen LogP contribution in [-0.2, 0) is 16.0 Å². The van der Waals surface area contributed by atoms with Crippen molar-refractivity contribution in [3.05, 3.63) is 54.1 Å². The van der Waals surface area contributed by atoms with E-state index in [0.29, 0.717) is 17.9 Å². The van der Waals surface area contributed by atoms with Crippen LogP contribution in [0.5, 0.6) is 5.75 Å². The van der Waals surface area contributed by atoms with E-state index in [1.807, 2.05) is 48.5 Å². The first-order valence-corrected chi connectivity index (χ1v) is 8.61. The molecule has 132 valence electrons. The molecule has 0 unspecified atom stereocenters. The average Bonchev–Trinajstić information content (AvgIpc) is 2.68. The van der Waals surface area contributed by atoms with Crippen LogP contribution in [0, 0.1) is 0 Å². The molecule has 1 aliphatic rings. The first kappa shape index (κ1) is 17.3. The molecular weight excluding hydrogens is 316 g/mol. The molecule has 1 fully saturated rings. The van der Waals surface area contributed by atoms with Crippen LogP contribution in [0.1, 0.15) is 12.0 Å². The van der Waals surface area contributed by atoms with Gasteiger partial charge in [-0.15, -0.1) is 0 Å². The molecule has 25 heavy (non-hydrogen) atoms. The fraction of sp³-hybridized carbons (Fsp3) is 0.350. The van der Waals surface area contributed by atoms with Crippen LogP contribution in [0.25, 0.3) is 0 Å². The topological polar surface area (TPSA) is 50.8 Å². The Morgan fingerprint density at radius 1 is 1.16 bits per heavy atom. The molecule has 5 heteroatoms. The molecule has 2 aromatic carbocycles. The molecule has 0 aliphatic carbocycles. The minimum absolute atomic E-state index is 0.0127. The molecule has 0 aromatic heterocycles. The van der Waals surface area contributed by atoms with E-state index in [9.17, 15) is 4.79 Å². The number of methoxy groups -OCH3 is 1. The second-order valence-corrected chi connectivity index (χ2v) is 6.02. The lowest BCUT2D eigenvalue weighted by Crippen LogP contribution is -2.36. The Labute approximate surface area is 148 Å². The number of carbonyl (C=O) groups is 1. The smallest absolute Gasteiger partial charge is 0.224 e. The van der Waals surface area contributed by atoms with E-state index in [1.165, 1.54) is 0 Å². The Balaban J connectivity index is 1.66. The van der Waals surface area contributed by atoms with Crippen molar-refractivity contribution in [3.63, 3.8) is 0 Å². The maximum atomic E-state index is 12.3. The van der Waals surface area contributed by atoms with Gasteiger partial charge in [-0.3, -0.25) is 4.79 Å². The molecule has 0 atom stereocenters. The van der Waals surface area contributed by atoms with Gasteiger partial charge < -0.3 is 19.7 Å². The Bertz CT molecular complexity index is 697. The van der Waals surface area contributed by atoms with Crippen molar-refractivity contribution in [1.29, 1.82) is 0 Å². The van der Waals surface area contributed by atoms with Crippen LogP contribution in [-0.4, -0.2) is 39.3 Å².